The summed E-state index contributed by atoms with van der Waals surface area (Å²) in [7, 11) is 0. The lowest BCUT2D eigenvalue weighted by atomic mass is 9.95. The van der Waals surface area contributed by atoms with Gasteiger partial charge in [-0.2, -0.15) is 0 Å². The lowest BCUT2D eigenvalue weighted by molar-refractivity contribution is 0.672. The molecule has 0 aliphatic carbocycles. The van der Waals surface area contributed by atoms with Gasteiger partial charge < -0.3 is 9.32 Å². The maximum Gasteiger partial charge on any atom is 0.143 e. The van der Waals surface area contributed by atoms with Crippen LogP contribution in [0.25, 0.3) is 66.1 Å². The predicted molar refractivity (Wildman–Crippen MR) is 202 cm³/mol. The first-order chi connectivity index (χ1) is 25.9. The molecule has 48 heavy (non-hydrogen) atoms. The van der Waals surface area contributed by atoms with Crippen LogP contribution in [-0.4, -0.2) is 0 Å². The van der Waals surface area contributed by atoms with Crippen molar-refractivity contribution < 1.29 is 11.3 Å². The second kappa shape index (κ2) is 11.8. The molecule has 0 atom stereocenters. The van der Waals surface area contributed by atoms with E-state index in [2.05, 4.69) is 83.8 Å². The largest absolute Gasteiger partial charge is 0.455 e. The fourth-order valence-corrected chi connectivity index (χ4v) is 6.72. The number of nitrogens with zero attached hydrogens (tertiary/aromatic N) is 1. The van der Waals surface area contributed by atoms with Crippen LogP contribution in [0.15, 0.2) is 192 Å². The summed E-state index contributed by atoms with van der Waals surface area (Å²) in [5, 5.41) is 3.15. The molecule has 0 saturated carbocycles. The Hall–Kier alpha value is -6.38. The van der Waals surface area contributed by atoms with Crippen molar-refractivity contribution in [2.24, 2.45) is 0 Å². The third kappa shape index (κ3) is 4.83. The van der Waals surface area contributed by atoms with E-state index in [9.17, 15) is 0 Å². The minimum atomic E-state index is -0.420. The predicted octanol–water partition coefficient (Wildman–Crippen LogP) is 13.2. The molecule has 1 aromatic heterocycles. The van der Waals surface area contributed by atoms with E-state index in [1.54, 1.807) is 0 Å². The number of rotatable bonds is 6. The fourth-order valence-electron chi connectivity index (χ4n) is 6.72. The average molecular weight is 619 g/mol. The molecule has 0 fully saturated rings. The van der Waals surface area contributed by atoms with E-state index in [0.717, 1.165) is 60.9 Å². The molecule has 0 radical (unpaired) electrons. The number of hydrogen-bond acceptors (Lipinski definition) is 2. The van der Waals surface area contributed by atoms with Crippen LogP contribution in [0.3, 0.4) is 0 Å². The molecule has 0 unspecified atom stereocenters. The Morgan fingerprint density at radius 3 is 1.81 bits per heavy atom. The molecule has 2 heteroatoms. The Kier molecular flexibility index (Phi) is 5.64. The van der Waals surface area contributed by atoms with Crippen LogP contribution in [-0.2, 0) is 0 Å². The van der Waals surface area contributed by atoms with Gasteiger partial charge in [0, 0.05) is 22.1 Å². The number of furan rings is 1. The number of benzene rings is 8. The SMILES string of the molecule is [2H]c1c([2H])c([2H])c(-c2cc3c(oc4cccc(N(c5ccc(-c6ccccc6)cc5)c5cccc(-c6ccccc6)c5)c43)c3ccccc23)c([2H])c1[2H]. The highest BCUT2D eigenvalue weighted by Gasteiger charge is 2.22. The molecule has 9 aromatic rings. The minimum absolute atomic E-state index is 0.157. The molecule has 9 rings (SSSR count). The normalized spacial score (nSPS) is 12.8. The molecule has 0 spiro atoms. The van der Waals surface area contributed by atoms with Crippen LogP contribution in [0.1, 0.15) is 6.85 Å². The van der Waals surface area contributed by atoms with Crippen LogP contribution in [0.2, 0.25) is 0 Å². The highest BCUT2D eigenvalue weighted by Crippen LogP contribution is 2.46. The Morgan fingerprint density at radius 1 is 0.438 bits per heavy atom. The van der Waals surface area contributed by atoms with Gasteiger partial charge in [-0.25, -0.2) is 0 Å². The van der Waals surface area contributed by atoms with E-state index in [1.807, 2.05) is 78.9 Å². The average Bonchev–Trinajstić information content (AvgIpc) is 3.60. The first-order valence-corrected chi connectivity index (χ1v) is 15.9. The number of anilines is 3. The van der Waals surface area contributed by atoms with Crippen molar-refractivity contribution >= 4 is 49.8 Å². The summed E-state index contributed by atoms with van der Waals surface area (Å²) in [5.74, 6) is 0. The lowest BCUT2D eigenvalue weighted by Crippen LogP contribution is -2.10. The first-order valence-electron chi connectivity index (χ1n) is 18.4. The molecule has 0 aliphatic rings. The van der Waals surface area contributed by atoms with E-state index in [4.69, 9.17) is 11.3 Å². The van der Waals surface area contributed by atoms with Gasteiger partial charge in [-0.05, 0) is 81.2 Å². The Labute approximate surface area is 286 Å². The number of fused-ring (bicyclic) bond motifs is 5. The van der Waals surface area contributed by atoms with Crippen molar-refractivity contribution in [2.75, 3.05) is 4.90 Å². The van der Waals surface area contributed by atoms with Crippen molar-refractivity contribution in [3.05, 3.63) is 188 Å². The highest BCUT2D eigenvalue weighted by molar-refractivity contribution is 6.22. The summed E-state index contributed by atoms with van der Waals surface area (Å²) in [6.07, 6.45) is 0. The molecule has 226 valence electrons. The highest BCUT2D eigenvalue weighted by atomic mass is 16.3. The molecule has 0 N–H and O–H groups in total. The molecular formula is C46H31NO. The van der Waals surface area contributed by atoms with E-state index < -0.39 is 6.04 Å². The van der Waals surface area contributed by atoms with Crippen LogP contribution in [0.5, 0.6) is 0 Å². The summed E-state index contributed by atoms with van der Waals surface area (Å²) in [4.78, 5) is 2.23. The summed E-state index contributed by atoms with van der Waals surface area (Å²) in [5.41, 5.74) is 9.24. The van der Waals surface area contributed by atoms with Gasteiger partial charge in [-0.1, -0.05) is 145 Å². The Bertz CT molecular complexity index is 2800. The fraction of sp³-hybridized carbons (Fsp3) is 0. The molecule has 0 saturated heterocycles. The van der Waals surface area contributed by atoms with Crippen LogP contribution in [0.4, 0.5) is 17.1 Å². The minimum Gasteiger partial charge on any atom is -0.455 e. The van der Waals surface area contributed by atoms with Crippen molar-refractivity contribution in [2.45, 2.75) is 0 Å². The maximum absolute atomic E-state index is 8.88. The molecule has 0 amide bonds. The lowest BCUT2D eigenvalue weighted by Gasteiger charge is -2.27. The first kappa shape index (κ1) is 23.0. The van der Waals surface area contributed by atoms with Crippen molar-refractivity contribution in [1.29, 1.82) is 0 Å². The summed E-state index contributed by atoms with van der Waals surface area (Å²) in [6.45, 7) is 0. The van der Waals surface area contributed by atoms with Gasteiger partial charge in [-0.15, -0.1) is 0 Å². The zero-order valence-corrected chi connectivity index (χ0v) is 25.9. The van der Waals surface area contributed by atoms with Gasteiger partial charge >= 0.3 is 0 Å². The number of hydrogen-bond donors (Lipinski definition) is 0. The third-order valence-electron chi connectivity index (χ3n) is 8.94. The second-order valence-electron chi connectivity index (χ2n) is 11.8. The van der Waals surface area contributed by atoms with E-state index >= 15 is 0 Å². The molecular weight excluding hydrogens is 583 g/mol. The van der Waals surface area contributed by atoms with Crippen molar-refractivity contribution in [3.63, 3.8) is 0 Å². The van der Waals surface area contributed by atoms with Gasteiger partial charge in [-0.3, -0.25) is 0 Å². The Balaban J connectivity index is 1.34. The maximum atomic E-state index is 8.88. The summed E-state index contributed by atoms with van der Waals surface area (Å²) in [6, 6.07) is 51.6. The second-order valence-corrected chi connectivity index (χ2v) is 11.8. The van der Waals surface area contributed by atoms with Crippen LogP contribution >= 0.6 is 0 Å². The van der Waals surface area contributed by atoms with Gasteiger partial charge in [0.1, 0.15) is 11.2 Å². The van der Waals surface area contributed by atoms with Gasteiger partial charge in [0.25, 0.3) is 0 Å². The van der Waals surface area contributed by atoms with Crippen LogP contribution < -0.4 is 4.90 Å². The zero-order chi connectivity index (χ0) is 36.2. The molecule has 0 bridgehead atoms. The topological polar surface area (TPSA) is 16.4 Å². The monoisotopic (exact) mass is 618 g/mol. The molecule has 1 heterocycles. The summed E-state index contributed by atoms with van der Waals surface area (Å²) >= 11 is 0. The quantitative estimate of drug-likeness (QED) is 0.184. The smallest absolute Gasteiger partial charge is 0.143 e. The zero-order valence-electron chi connectivity index (χ0n) is 30.9. The summed E-state index contributed by atoms with van der Waals surface area (Å²) < 4.78 is 49.6. The van der Waals surface area contributed by atoms with Gasteiger partial charge in [0.05, 0.1) is 17.9 Å². The Morgan fingerprint density at radius 2 is 1.06 bits per heavy atom. The van der Waals surface area contributed by atoms with Crippen LogP contribution in [0, 0.1) is 0 Å². The van der Waals surface area contributed by atoms with E-state index in [1.165, 1.54) is 0 Å². The van der Waals surface area contributed by atoms with Crippen molar-refractivity contribution in [3.8, 4) is 33.4 Å². The van der Waals surface area contributed by atoms with Gasteiger partial charge in [0.2, 0.25) is 0 Å². The molecule has 2 nitrogen and oxygen atoms in total. The molecule has 8 aromatic carbocycles. The van der Waals surface area contributed by atoms with Gasteiger partial charge in [0.15, 0.2) is 0 Å². The third-order valence-corrected chi connectivity index (χ3v) is 8.94. The standard InChI is InChI=1S/C46H31NO/c1-4-14-32(15-5-1)34-26-28-37(29-27-34)47(38-21-12-20-36(30-38)33-16-6-2-7-17-33)43-24-13-25-44-45(43)42-31-41(35-18-8-3-9-19-35)39-22-10-11-23-40(39)46(42)48-44/h1-31H/i3D,8D,9D,18D,19D. The van der Waals surface area contributed by atoms with E-state index in [-0.39, 0.29) is 29.7 Å². The van der Waals surface area contributed by atoms with E-state index in [0.29, 0.717) is 16.7 Å². The molecule has 0 aliphatic heterocycles. The van der Waals surface area contributed by atoms with Crippen molar-refractivity contribution in [1.82, 2.24) is 0 Å².